The molecule has 128 valence electrons. The minimum absolute atomic E-state index is 0.263. The third-order valence-electron chi connectivity index (χ3n) is 3.70. The Morgan fingerprint density at radius 1 is 1.08 bits per heavy atom. The van der Waals surface area contributed by atoms with Crippen molar-refractivity contribution >= 4 is 29.0 Å². The van der Waals surface area contributed by atoms with E-state index in [-0.39, 0.29) is 5.82 Å². The first kappa shape index (κ1) is 17.0. The average molecular weight is 355 g/mol. The van der Waals surface area contributed by atoms with Gasteiger partial charge in [-0.1, -0.05) is 43.3 Å². The van der Waals surface area contributed by atoms with Gasteiger partial charge in [-0.2, -0.15) is 0 Å². The SMILES string of the molecule is CCc1ccccc1NC(=S)Nc1ncn(Cc2ccccc2F)n1. The number of thiocarbonyl (C=S) groups is 1. The van der Waals surface area contributed by atoms with Crippen LogP contribution in [0.5, 0.6) is 0 Å². The summed E-state index contributed by atoms with van der Waals surface area (Å²) in [5, 5.41) is 10.8. The highest BCUT2D eigenvalue weighted by Gasteiger charge is 2.07. The number of aryl methyl sites for hydroxylation is 1. The van der Waals surface area contributed by atoms with Gasteiger partial charge in [-0.3, -0.25) is 5.32 Å². The molecule has 0 aliphatic rings. The number of rotatable bonds is 5. The first-order valence-corrected chi connectivity index (χ1v) is 8.35. The summed E-state index contributed by atoms with van der Waals surface area (Å²) in [6.07, 6.45) is 2.44. The van der Waals surface area contributed by atoms with Crippen LogP contribution in [0, 0.1) is 5.82 Å². The largest absolute Gasteiger partial charge is 0.332 e. The molecular formula is C18H18FN5S. The topological polar surface area (TPSA) is 54.8 Å². The van der Waals surface area contributed by atoms with E-state index in [1.165, 1.54) is 18.0 Å². The van der Waals surface area contributed by atoms with E-state index in [1.807, 2.05) is 24.3 Å². The van der Waals surface area contributed by atoms with Crippen LogP contribution in [0.15, 0.2) is 54.9 Å². The summed E-state index contributed by atoms with van der Waals surface area (Å²) in [4.78, 5) is 4.16. The molecule has 2 N–H and O–H groups in total. The summed E-state index contributed by atoms with van der Waals surface area (Å²) in [7, 11) is 0. The van der Waals surface area contributed by atoms with E-state index in [0.717, 1.165) is 12.1 Å². The average Bonchev–Trinajstić information content (AvgIpc) is 3.04. The predicted octanol–water partition coefficient (Wildman–Crippen LogP) is 3.84. The van der Waals surface area contributed by atoms with Gasteiger partial charge in [0.2, 0.25) is 5.95 Å². The molecule has 0 radical (unpaired) electrons. The predicted molar refractivity (Wildman–Crippen MR) is 101 cm³/mol. The zero-order valence-electron chi connectivity index (χ0n) is 13.7. The van der Waals surface area contributed by atoms with Crippen molar-refractivity contribution in [2.45, 2.75) is 19.9 Å². The van der Waals surface area contributed by atoms with E-state index in [2.05, 4.69) is 27.6 Å². The summed E-state index contributed by atoms with van der Waals surface area (Å²) in [6.45, 7) is 2.39. The summed E-state index contributed by atoms with van der Waals surface area (Å²) < 4.78 is 15.3. The van der Waals surface area contributed by atoms with Crippen LogP contribution in [-0.4, -0.2) is 19.9 Å². The second-order valence-corrected chi connectivity index (χ2v) is 5.86. The fourth-order valence-electron chi connectivity index (χ4n) is 2.43. The number of benzene rings is 2. The number of halogens is 1. The molecule has 25 heavy (non-hydrogen) atoms. The fraction of sp³-hybridized carbons (Fsp3) is 0.167. The molecule has 0 atom stereocenters. The lowest BCUT2D eigenvalue weighted by Crippen LogP contribution is -2.20. The number of nitrogens with zero attached hydrogens (tertiary/aromatic N) is 3. The van der Waals surface area contributed by atoms with Gasteiger partial charge >= 0.3 is 0 Å². The van der Waals surface area contributed by atoms with Gasteiger partial charge < -0.3 is 5.32 Å². The molecule has 0 amide bonds. The third kappa shape index (κ3) is 4.39. The highest BCUT2D eigenvalue weighted by Crippen LogP contribution is 2.15. The van der Waals surface area contributed by atoms with Gasteiger partial charge in [0.05, 0.1) is 6.54 Å². The molecule has 5 nitrogen and oxygen atoms in total. The lowest BCUT2D eigenvalue weighted by atomic mass is 10.1. The van der Waals surface area contributed by atoms with Crippen LogP contribution in [0.2, 0.25) is 0 Å². The maximum atomic E-state index is 13.7. The molecule has 1 aromatic heterocycles. The minimum Gasteiger partial charge on any atom is -0.332 e. The second-order valence-electron chi connectivity index (χ2n) is 5.45. The number of para-hydroxylation sites is 1. The van der Waals surface area contributed by atoms with Crippen molar-refractivity contribution in [2.24, 2.45) is 0 Å². The Bertz CT molecular complexity index is 877. The first-order chi connectivity index (χ1) is 12.2. The number of nitrogens with one attached hydrogen (secondary N) is 2. The van der Waals surface area contributed by atoms with Gasteiger partial charge in [0, 0.05) is 11.3 Å². The van der Waals surface area contributed by atoms with Crippen LogP contribution >= 0.6 is 12.2 Å². The van der Waals surface area contributed by atoms with E-state index < -0.39 is 0 Å². The van der Waals surface area contributed by atoms with Crippen LogP contribution in [-0.2, 0) is 13.0 Å². The monoisotopic (exact) mass is 355 g/mol. The van der Waals surface area contributed by atoms with Crippen molar-refractivity contribution in [1.29, 1.82) is 0 Å². The summed E-state index contributed by atoms with van der Waals surface area (Å²) in [6, 6.07) is 14.6. The Hall–Kier alpha value is -2.80. The van der Waals surface area contributed by atoms with E-state index in [4.69, 9.17) is 12.2 Å². The molecule has 0 fully saturated rings. The number of aromatic nitrogens is 3. The van der Waals surface area contributed by atoms with E-state index in [1.54, 1.807) is 22.9 Å². The molecule has 0 aliphatic heterocycles. The summed E-state index contributed by atoms with van der Waals surface area (Å²) in [5.74, 6) is 0.101. The van der Waals surface area contributed by atoms with Crippen molar-refractivity contribution < 1.29 is 4.39 Å². The zero-order chi connectivity index (χ0) is 17.6. The highest BCUT2D eigenvalue weighted by atomic mass is 32.1. The maximum Gasteiger partial charge on any atom is 0.248 e. The number of anilines is 2. The van der Waals surface area contributed by atoms with E-state index >= 15 is 0 Å². The number of hydrogen-bond acceptors (Lipinski definition) is 3. The van der Waals surface area contributed by atoms with E-state index in [0.29, 0.717) is 23.2 Å². The lowest BCUT2D eigenvalue weighted by Gasteiger charge is -2.11. The van der Waals surface area contributed by atoms with Gasteiger partial charge in [0.15, 0.2) is 5.11 Å². The molecule has 0 saturated carbocycles. The van der Waals surface area contributed by atoms with Crippen LogP contribution in [0.1, 0.15) is 18.1 Å². The Labute approximate surface area is 150 Å². The third-order valence-corrected chi connectivity index (χ3v) is 3.90. The standard InChI is InChI=1S/C18H18FN5S/c1-2-13-7-4-6-10-16(13)21-18(25)22-17-20-12-24(23-17)11-14-8-3-5-9-15(14)19/h3-10,12H,2,11H2,1H3,(H2,21,22,23,25). The Balaban J connectivity index is 1.63. The normalized spacial score (nSPS) is 10.5. The van der Waals surface area contributed by atoms with Crippen molar-refractivity contribution in [3.05, 3.63) is 71.8 Å². The molecule has 0 spiro atoms. The molecule has 2 aromatic carbocycles. The Morgan fingerprint density at radius 2 is 1.80 bits per heavy atom. The molecule has 3 rings (SSSR count). The van der Waals surface area contributed by atoms with Crippen LogP contribution < -0.4 is 10.6 Å². The highest BCUT2D eigenvalue weighted by molar-refractivity contribution is 7.80. The van der Waals surface area contributed by atoms with E-state index in [9.17, 15) is 4.39 Å². The first-order valence-electron chi connectivity index (χ1n) is 7.94. The zero-order valence-corrected chi connectivity index (χ0v) is 14.6. The Morgan fingerprint density at radius 3 is 2.56 bits per heavy atom. The molecule has 0 aliphatic carbocycles. The molecule has 7 heteroatoms. The summed E-state index contributed by atoms with van der Waals surface area (Å²) in [5.41, 5.74) is 2.68. The Kier molecular flexibility index (Phi) is 5.35. The lowest BCUT2D eigenvalue weighted by molar-refractivity contribution is 0.585. The van der Waals surface area contributed by atoms with Gasteiger partial charge in [-0.05, 0) is 36.3 Å². The van der Waals surface area contributed by atoms with Gasteiger partial charge in [-0.15, -0.1) is 5.10 Å². The van der Waals surface area contributed by atoms with Crippen LogP contribution in [0.3, 0.4) is 0 Å². The van der Waals surface area contributed by atoms with Crippen molar-refractivity contribution in [3.8, 4) is 0 Å². The fourth-order valence-corrected chi connectivity index (χ4v) is 2.64. The quantitative estimate of drug-likeness (QED) is 0.681. The number of hydrogen-bond donors (Lipinski definition) is 2. The molecule has 0 saturated heterocycles. The van der Waals surface area contributed by atoms with Crippen molar-refractivity contribution in [3.63, 3.8) is 0 Å². The minimum atomic E-state index is -0.263. The van der Waals surface area contributed by atoms with Gasteiger partial charge in [0.1, 0.15) is 12.1 Å². The second kappa shape index (κ2) is 7.85. The van der Waals surface area contributed by atoms with Crippen molar-refractivity contribution in [1.82, 2.24) is 14.8 Å². The van der Waals surface area contributed by atoms with Crippen LogP contribution in [0.4, 0.5) is 16.0 Å². The maximum absolute atomic E-state index is 13.7. The smallest absolute Gasteiger partial charge is 0.248 e. The molecule has 3 aromatic rings. The van der Waals surface area contributed by atoms with Gasteiger partial charge in [0.25, 0.3) is 0 Å². The molecule has 0 unspecified atom stereocenters. The summed E-state index contributed by atoms with van der Waals surface area (Å²) >= 11 is 5.31. The molecule has 1 heterocycles. The van der Waals surface area contributed by atoms with Crippen LogP contribution in [0.25, 0.3) is 0 Å². The van der Waals surface area contributed by atoms with Gasteiger partial charge in [-0.25, -0.2) is 14.1 Å². The molecular weight excluding hydrogens is 337 g/mol. The molecule has 0 bridgehead atoms. The van der Waals surface area contributed by atoms with Crippen molar-refractivity contribution in [2.75, 3.05) is 10.6 Å².